The lowest BCUT2D eigenvalue weighted by Gasteiger charge is -2.18. The molecule has 0 aromatic carbocycles. The van der Waals surface area contributed by atoms with Crippen LogP contribution in [0.1, 0.15) is 68.2 Å². The van der Waals surface area contributed by atoms with Gasteiger partial charge in [-0.25, -0.2) is 0 Å². The smallest absolute Gasteiger partial charge is 0.0615 e. The van der Waals surface area contributed by atoms with E-state index in [1.807, 2.05) is 33.8 Å². The first-order chi connectivity index (χ1) is 8.88. The first-order valence-corrected chi connectivity index (χ1v) is 7.43. The van der Waals surface area contributed by atoms with Crippen LogP contribution in [0, 0.1) is 5.41 Å². The van der Waals surface area contributed by atoms with Gasteiger partial charge in [-0.3, -0.25) is 4.99 Å². The number of hydrogen-bond donors (Lipinski definition) is 0. The molecule has 0 aliphatic carbocycles. The van der Waals surface area contributed by atoms with E-state index in [0.29, 0.717) is 0 Å². The molecular weight excluding hydrogens is 230 g/mol. The normalized spacial score (nSPS) is 14.9. The van der Waals surface area contributed by atoms with Crippen LogP contribution in [0.2, 0.25) is 0 Å². The summed E-state index contributed by atoms with van der Waals surface area (Å²) in [5.41, 5.74) is 3.57. The van der Waals surface area contributed by atoms with E-state index in [4.69, 9.17) is 0 Å². The zero-order valence-corrected chi connectivity index (χ0v) is 14.3. The van der Waals surface area contributed by atoms with Gasteiger partial charge in [0.1, 0.15) is 0 Å². The van der Waals surface area contributed by atoms with Gasteiger partial charge in [-0.1, -0.05) is 46.8 Å². The lowest BCUT2D eigenvalue weighted by molar-refractivity contribution is 0.531. The molecule has 0 fully saturated rings. The van der Waals surface area contributed by atoms with Gasteiger partial charge < -0.3 is 0 Å². The van der Waals surface area contributed by atoms with E-state index in [2.05, 4.69) is 51.4 Å². The van der Waals surface area contributed by atoms with Crippen LogP contribution >= 0.6 is 0 Å². The van der Waals surface area contributed by atoms with Gasteiger partial charge in [0.2, 0.25) is 0 Å². The molecule has 0 bridgehead atoms. The summed E-state index contributed by atoms with van der Waals surface area (Å²) in [6, 6.07) is 0. The highest BCUT2D eigenvalue weighted by atomic mass is 14.7. The largest absolute Gasteiger partial charge is 0.259 e. The Morgan fingerprint density at radius 2 is 1.68 bits per heavy atom. The van der Waals surface area contributed by atoms with E-state index >= 15 is 0 Å². The van der Waals surface area contributed by atoms with Crippen LogP contribution in [0.25, 0.3) is 0 Å². The fourth-order valence-corrected chi connectivity index (χ4v) is 1.30. The Balaban J connectivity index is 0. The number of allylic oxidation sites excluding steroid dienone is 4. The third kappa shape index (κ3) is 8.58. The van der Waals surface area contributed by atoms with Crippen LogP contribution in [-0.2, 0) is 0 Å². The van der Waals surface area contributed by atoms with Crippen LogP contribution in [0.5, 0.6) is 0 Å². The molecule has 0 rings (SSSR count). The van der Waals surface area contributed by atoms with Gasteiger partial charge in [0.25, 0.3) is 0 Å². The second-order valence-corrected chi connectivity index (χ2v) is 4.97. The highest BCUT2D eigenvalue weighted by Crippen LogP contribution is 2.25. The van der Waals surface area contributed by atoms with Crippen molar-refractivity contribution in [2.45, 2.75) is 68.2 Å². The van der Waals surface area contributed by atoms with Crippen molar-refractivity contribution >= 4 is 5.71 Å². The molecule has 1 atom stereocenters. The second kappa shape index (κ2) is 10.8. The molecule has 1 unspecified atom stereocenters. The zero-order valence-electron chi connectivity index (χ0n) is 14.3. The molecule has 1 heteroatoms. The molecule has 0 N–H and O–H groups in total. The van der Waals surface area contributed by atoms with E-state index in [-0.39, 0.29) is 5.41 Å². The standard InChI is InChI=1S/C16H27N.C2H6/c1-8-14(6)15(17-13(4)5)11-12-16(7,9-2)10-3;1-2/h9,11-12H,2,8,10H2,1,3-7H3;1-2H3/b12-11?,15-14+;. The van der Waals surface area contributed by atoms with Crippen molar-refractivity contribution in [3.8, 4) is 0 Å². The lowest BCUT2D eigenvalue weighted by atomic mass is 9.87. The molecular formula is C18H33N. The Bertz CT molecular complexity index is 341. The second-order valence-electron chi connectivity index (χ2n) is 4.97. The summed E-state index contributed by atoms with van der Waals surface area (Å²) in [6.45, 7) is 20.6. The summed E-state index contributed by atoms with van der Waals surface area (Å²) in [5.74, 6) is 0. The number of aliphatic imine (C=N–C) groups is 1. The Labute approximate surface area is 121 Å². The lowest BCUT2D eigenvalue weighted by Crippen LogP contribution is -2.06. The van der Waals surface area contributed by atoms with Crippen molar-refractivity contribution in [3.63, 3.8) is 0 Å². The number of nitrogens with zero attached hydrogens (tertiary/aromatic N) is 1. The molecule has 0 radical (unpaired) electrons. The zero-order chi connectivity index (χ0) is 15.5. The summed E-state index contributed by atoms with van der Waals surface area (Å²) in [7, 11) is 0. The maximum absolute atomic E-state index is 4.59. The molecule has 0 saturated carbocycles. The Morgan fingerprint density at radius 3 is 2.00 bits per heavy atom. The number of rotatable bonds is 6. The quantitative estimate of drug-likeness (QED) is 0.301. The van der Waals surface area contributed by atoms with Crippen LogP contribution < -0.4 is 0 Å². The van der Waals surface area contributed by atoms with Gasteiger partial charge in [-0.05, 0) is 45.3 Å². The molecule has 1 nitrogen and oxygen atoms in total. The van der Waals surface area contributed by atoms with Gasteiger partial charge in [-0.2, -0.15) is 0 Å². The summed E-state index contributed by atoms with van der Waals surface area (Å²) >= 11 is 0. The van der Waals surface area contributed by atoms with Crippen molar-refractivity contribution in [1.29, 1.82) is 0 Å². The summed E-state index contributed by atoms with van der Waals surface area (Å²) in [5, 5.41) is 0. The average Bonchev–Trinajstić information content (AvgIpc) is 2.44. The maximum Gasteiger partial charge on any atom is 0.0615 e. The van der Waals surface area contributed by atoms with Crippen molar-refractivity contribution in [2.24, 2.45) is 10.4 Å². The van der Waals surface area contributed by atoms with Crippen LogP contribution in [0.3, 0.4) is 0 Å². The van der Waals surface area contributed by atoms with Crippen molar-refractivity contribution in [1.82, 2.24) is 0 Å². The van der Waals surface area contributed by atoms with Crippen molar-refractivity contribution in [2.75, 3.05) is 0 Å². The van der Waals surface area contributed by atoms with E-state index in [1.165, 1.54) is 5.57 Å². The molecule has 0 amide bonds. The van der Waals surface area contributed by atoms with E-state index in [1.54, 1.807) is 0 Å². The van der Waals surface area contributed by atoms with Crippen molar-refractivity contribution < 1.29 is 0 Å². The van der Waals surface area contributed by atoms with Gasteiger partial charge in [-0.15, -0.1) is 6.58 Å². The van der Waals surface area contributed by atoms with Gasteiger partial charge in [0.05, 0.1) is 5.70 Å². The molecule has 110 valence electrons. The predicted molar refractivity (Wildman–Crippen MR) is 90.9 cm³/mol. The fraction of sp³-hybridized carbons (Fsp3) is 0.611. The molecule has 0 spiro atoms. The summed E-state index contributed by atoms with van der Waals surface area (Å²) in [4.78, 5) is 4.59. The average molecular weight is 263 g/mol. The van der Waals surface area contributed by atoms with E-state index in [9.17, 15) is 0 Å². The minimum absolute atomic E-state index is 0.0659. The molecule has 0 aliphatic heterocycles. The molecule has 0 aromatic rings. The molecule has 19 heavy (non-hydrogen) atoms. The molecule has 0 aliphatic rings. The minimum Gasteiger partial charge on any atom is -0.259 e. The van der Waals surface area contributed by atoms with Gasteiger partial charge >= 0.3 is 0 Å². The maximum atomic E-state index is 4.59. The SMILES string of the molecule is C=CC(C)(C=C/C(N=C(C)C)=C(/C)CC)CC.CC. The van der Waals surface area contributed by atoms with Crippen LogP contribution in [0.4, 0.5) is 0 Å². The topological polar surface area (TPSA) is 12.4 Å². The van der Waals surface area contributed by atoms with Crippen LogP contribution in [0.15, 0.2) is 41.1 Å². The van der Waals surface area contributed by atoms with E-state index < -0.39 is 0 Å². The Morgan fingerprint density at radius 1 is 1.16 bits per heavy atom. The highest BCUT2D eigenvalue weighted by molar-refractivity contribution is 5.80. The Hall–Kier alpha value is -1.11. The highest BCUT2D eigenvalue weighted by Gasteiger charge is 2.12. The monoisotopic (exact) mass is 263 g/mol. The number of hydrogen-bond acceptors (Lipinski definition) is 1. The Kier molecular flexibility index (Phi) is 11.5. The first kappa shape index (κ1) is 20.2. The minimum atomic E-state index is 0.0659. The summed E-state index contributed by atoms with van der Waals surface area (Å²) in [6.07, 6.45) is 8.44. The third-order valence-corrected chi connectivity index (χ3v) is 3.16. The van der Waals surface area contributed by atoms with Gasteiger partial charge in [0.15, 0.2) is 0 Å². The predicted octanol–water partition coefficient (Wildman–Crippen LogP) is 6.34. The summed E-state index contributed by atoms with van der Waals surface area (Å²) < 4.78 is 0. The van der Waals surface area contributed by atoms with Gasteiger partial charge in [0, 0.05) is 11.1 Å². The van der Waals surface area contributed by atoms with E-state index in [0.717, 1.165) is 24.3 Å². The molecule has 0 saturated heterocycles. The first-order valence-electron chi connectivity index (χ1n) is 7.43. The van der Waals surface area contributed by atoms with Crippen molar-refractivity contribution in [3.05, 3.63) is 36.1 Å². The molecule has 0 heterocycles. The van der Waals surface area contributed by atoms with Crippen LogP contribution in [-0.4, -0.2) is 5.71 Å². The molecule has 0 aromatic heterocycles. The fourth-order valence-electron chi connectivity index (χ4n) is 1.30. The third-order valence-electron chi connectivity index (χ3n) is 3.16.